The van der Waals surface area contributed by atoms with Gasteiger partial charge in [0, 0.05) is 0 Å². The fourth-order valence-electron chi connectivity index (χ4n) is 2.60. The predicted octanol–water partition coefficient (Wildman–Crippen LogP) is 1.03. The zero-order valence-corrected chi connectivity index (χ0v) is 11.2. The molecule has 3 atom stereocenters. The summed E-state index contributed by atoms with van der Waals surface area (Å²) in [4.78, 5) is 12.0. The lowest BCUT2D eigenvalue weighted by Gasteiger charge is -2.40. The van der Waals surface area contributed by atoms with Crippen molar-refractivity contribution < 1.29 is 9.90 Å². The second kappa shape index (κ2) is 5.83. The highest BCUT2D eigenvalue weighted by atomic mass is 16.3. The summed E-state index contributed by atoms with van der Waals surface area (Å²) in [7, 11) is 0. The van der Waals surface area contributed by atoms with E-state index in [-0.39, 0.29) is 18.4 Å². The minimum atomic E-state index is -0.490. The monoisotopic (exact) mass is 242 g/mol. The topological polar surface area (TPSA) is 75.3 Å². The molecule has 1 saturated carbocycles. The minimum absolute atomic E-state index is 0.00783. The van der Waals surface area contributed by atoms with Gasteiger partial charge in [0.1, 0.15) is 0 Å². The largest absolute Gasteiger partial charge is 0.394 e. The quantitative estimate of drug-likeness (QED) is 0.689. The summed E-state index contributed by atoms with van der Waals surface area (Å²) in [5, 5.41) is 12.6. The first kappa shape index (κ1) is 14.5. The first-order valence-corrected chi connectivity index (χ1v) is 6.58. The molecule has 1 amide bonds. The normalized spacial score (nSPS) is 31.3. The van der Waals surface area contributed by atoms with Gasteiger partial charge >= 0.3 is 0 Å². The molecule has 100 valence electrons. The van der Waals surface area contributed by atoms with E-state index >= 15 is 0 Å². The second-order valence-electron chi connectivity index (χ2n) is 5.90. The lowest BCUT2D eigenvalue weighted by molar-refractivity contribution is -0.126. The molecule has 4 nitrogen and oxygen atoms in total. The molecule has 1 fully saturated rings. The number of hydrogen-bond donors (Lipinski definition) is 3. The van der Waals surface area contributed by atoms with Crippen molar-refractivity contribution in [1.82, 2.24) is 5.32 Å². The summed E-state index contributed by atoms with van der Waals surface area (Å²) >= 11 is 0. The Kier molecular flexibility index (Phi) is 4.95. The molecule has 1 aliphatic carbocycles. The van der Waals surface area contributed by atoms with Crippen molar-refractivity contribution in [1.29, 1.82) is 0 Å². The van der Waals surface area contributed by atoms with Crippen molar-refractivity contribution in [3.05, 3.63) is 0 Å². The Balaban J connectivity index is 2.65. The Morgan fingerprint density at radius 3 is 2.71 bits per heavy atom. The van der Waals surface area contributed by atoms with Crippen molar-refractivity contribution in [2.24, 2.45) is 17.6 Å². The van der Waals surface area contributed by atoms with Gasteiger partial charge < -0.3 is 16.2 Å². The molecule has 0 aromatic rings. The molecule has 0 aliphatic heterocycles. The molecule has 0 heterocycles. The molecule has 0 saturated heterocycles. The van der Waals surface area contributed by atoms with Gasteiger partial charge in [-0.1, -0.05) is 33.6 Å². The summed E-state index contributed by atoms with van der Waals surface area (Å²) in [5.41, 5.74) is 5.39. The number of carbonyl (C=O) groups excluding carboxylic acids is 1. The maximum Gasteiger partial charge on any atom is 0.237 e. The van der Waals surface area contributed by atoms with Gasteiger partial charge in [-0.15, -0.1) is 0 Å². The SMILES string of the molecule is CC1CCCC(CO)(NC(=O)[C@@H](N)C(C)C)C1. The van der Waals surface area contributed by atoms with Crippen LogP contribution in [0.25, 0.3) is 0 Å². The van der Waals surface area contributed by atoms with Crippen molar-refractivity contribution >= 4 is 5.91 Å². The van der Waals surface area contributed by atoms with E-state index < -0.39 is 11.6 Å². The first-order chi connectivity index (χ1) is 7.90. The van der Waals surface area contributed by atoms with Gasteiger partial charge in [0.15, 0.2) is 0 Å². The Labute approximate surface area is 104 Å². The highest BCUT2D eigenvalue weighted by Gasteiger charge is 2.37. The molecule has 0 aromatic carbocycles. The van der Waals surface area contributed by atoms with E-state index in [1.165, 1.54) is 6.42 Å². The molecule has 4 N–H and O–H groups in total. The Morgan fingerprint density at radius 2 is 2.24 bits per heavy atom. The van der Waals surface area contributed by atoms with Gasteiger partial charge in [-0.25, -0.2) is 0 Å². The second-order valence-corrected chi connectivity index (χ2v) is 5.90. The summed E-state index contributed by atoms with van der Waals surface area (Å²) < 4.78 is 0. The standard InChI is InChI=1S/C13H26N2O2/c1-9(2)11(14)12(17)15-13(8-16)6-4-5-10(3)7-13/h9-11,16H,4-8,14H2,1-3H3,(H,15,17)/t10?,11-,13?/m0/s1. The molecule has 0 radical (unpaired) electrons. The number of aliphatic hydroxyl groups is 1. The fourth-order valence-corrected chi connectivity index (χ4v) is 2.60. The van der Waals surface area contributed by atoms with Crippen LogP contribution in [-0.2, 0) is 4.79 Å². The van der Waals surface area contributed by atoms with Crippen LogP contribution in [-0.4, -0.2) is 29.2 Å². The average Bonchev–Trinajstić information content (AvgIpc) is 2.27. The van der Waals surface area contributed by atoms with Gasteiger partial charge in [-0.2, -0.15) is 0 Å². The van der Waals surface area contributed by atoms with E-state index in [1.54, 1.807) is 0 Å². The first-order valence-electron chi connectivity index (χ1n) is 6.58. The van der Waals surface area contributed by atoms with Crippen molar-refractivity contribution in [2.75, 3.05) is 6.61 Å². The molecule has 1 aliphatic rings. The summed E-state index contributed by atoms with van der Waals surface area (Å²) in [5.74, 6) is 0.529. The number of amides is 1. The average molecular weight is 242 g/mol. The minimum Gasteiger partial charge on any atom is -0.394 e. The van der Waals surface area contributed by atoms with Crippen molar-refractivity contribution in [2.45, 2.75) is 58.0 Å². The number of nitrogens with two attached hydrogens (primary N) is 1. The number of rotatable bonds is 4. The van der Waals surface area contributed by atoms with Crippen LogP contribution in [0.4, 0.5) is 0 Å². The van der Waals surface area contributed by atoms with Crippen LogP contribution < -0.4 is 11.1 Å². The van der Waals surface area contributed by atoms with Crippen molar-refractivity contribution in [3.63, 3.8) is 0 Å². The van der Waals surface area contributed by atoms with Crippen LogP contribution in [0.15, 0.2) is 0 Å². The number of carbonyl (C=O) groups is 1. The Morgan fingerprint density at radius 1 is 1.59 bits per heavy atom. The van der Waals surface area contributed by atoms with Crippen LogP contribution in [0.1, 0.15) is 46.5 Å². The zero-order valence-electron chi connectivity index (χ0n) is 11.2. The molecular formula is C13H26N2O2. The van der Waals surface area contributed by atoms with Crippen LogP contribution >= 0.6 is 0 Å². The Hall–Kier alpha value is -0.610. The third kappa shape index (κ3) is 3.68. The summed E-state index contributed by atoms with van der Waals surface area (Å²) in [6.07, 6.45) is 3.93. The zero-order chi connectivity index (χ0) is 13.1. The highest BCUT2D eigenvalue weighted by Crippen LogP contribution is 2.32. The van der Waals surface area contributed by atoms with Crippen LogP contribution in [0.5, 0.6) is 0 Å². The van der Waals surface area contributed by atoms with Gasteiger partial charge in [0.05, 0.1) is 18.2 Å². The number of hydrogen-bond acceptors (Lipinski definition) is 3. The van der Waals surface area contributed by atoms with Gasteiger partial charge in [-0.05, 0) is 24.7 Å². The van der Waals surface area contributed by atoms with Gasteiger partial charge in [0.2, 0.25) is 5.91 Å². The predicted molar refractivity (Wildman–Crippen MR) is 68.4 cm³/mol. The van der Waals surface area contributed by atoms with E-state index in [0.29, 0.717) is 5.92 Å². The third-order valence-electron chi connectivity index (χ3n) is 3.80. The molecular weight excluding hydrogens is 216 g/mol. The summed E-state index contributed by atoms with van der Waals surface area (Å²) in [6, 6.07) is -0.490. The smallest absolute Gasteiger partial charge is 0.237 e. The molecule has 0 aromatic heterocycles. The Bertz CT molecular complexity index is 268. The molecule has 0 spiro atoms. The molecule has 1 rings (SSSR count). The van der Waals surface area contributed by atoms with Gasteiger partial charge in [0.25, 0.3) is 0 Å². The van der Waals surface area contributed by atoms with Crippen molar-refractivity contribution in [3.8, 4) is 0 Å². The number of aliphatic hydroxyl groups excluding tert-OH is 1. The molecule has 0 bridgehead atoms. The van der Waals surface area contributed by atoms with E-state index in [9.17, 15) is 9.90 Å². The van der Waals surface area contributed by atoms with E-state index in [4.69, 9.17) is 5.73 Å². The molecule has 2 unspecified atom stereocenters. The summed E-state index contributed by atoms with van der Waals surface area (Å²) in [6.45, 7) is 6.03. The highest BCUT2D eigenvalue weighted by molar-refractivity contribution is 5.82. The van der Waals surface area contributed by atoms with Crippen LogP contribution in [0.3, 0.4) is 0 Å². The molecule has 17 heavy (non-hydrogen) atoms. The molecule has 4 heteroatoms. The number of nitrogens with one attached hydrogen (secondary N) is 1. The lowest BCUT2D eigenvalue weighted by Crippen LogP contribution is -2.58. The maximum absolute atomic E-state index is 12.0. The van der Waals surface area contributed by atoms with E-state index in [2.05, 4.69) is 12.2 Å². The third-order valence-corrected chi connectivity index (χ3v) is 3.80. The van der Waals surface area contributed by atoms with E-state index in [1.807, 2.05) is 13.8 Å². The van der Waals surface area contributed by atoms with E-state index in [0.717, 1.165) is 19.3 Å². The lowest BCUT2D eigenvalue weighted by atomic mass is 9.76. The van der Waals surface area contributed by atoms with Crippen LogP contribution in [0, 0.1) is 11.8 Å². The maximum atomic E-state index is 12.0. The van der Waals surface area contributed by atoms with Gasteiger partial charge in [-0.3, -0.25) is 4.79 Å². The fraction of sp³-hybridized carbons (Fsp3) is 0.923. The van der Waals surface area contributed by atoms with Crippen LogP contribution in [0.2, 0.25) is 0 Å².